The standard InChI is InChI=1S/C13H17N3O/c1-16-13-5-3-2-4-11(13)12(15-16)8-17-10-6-9(14)7-10/h2-5,9-10H,6-8,14H2,1H3. The van der Waals surface area contributed by atoms with Gasteiger partial charge in [-0.3, -0.25) is 4.68 Å². The summed E-state index contributed by atoms with van der Waals surface area (Å²) in [6, 6.07) is 8.56. The molecule has 17 heavy (non-hydrogen) atoms. The lowest BCUT2D eigenvalue weighted by Gasteiger charge is -2.31. The second-order valence-corrected chi connectivity index (χ2v) is 4.75. The molecular formula is C13H17N3O. The average Bonchev–Trinajstić information content (AvgIpc) is 2.61. The first-order valence-electron chi connectivity index (χ1n) is 6.02. The molecular weight excluding hydrogens is 214 g/mol. The van der Waals surface area contributed by atoms with Crippen molar-refractivity contribution < 1.29 is 4.74 Å². The van der Waals surface area contributed by atoms with E-state index in [-0.39, 0.29) is 0 Å². The van der Waals surface area contributed by atoms with Crippen molar-refractivity contribution in [3.63, 3.8) is 0 Å². The molecule has 0 atom stereocenters. The third-order valence-electron chi connectivity index (χ3n) is 3.42. The van der Waals surface area contributed by atoms with Gasteiger partial charge in [-0.05, 0) is 18.9 Å². The zero-order valence-electron chi connectivity index (χ0n) is 9.97. The van der Waals surface area contributed by atoms with Crippen molar-refractivity contribution in [3.05, 3.63) is 30.0 Å². The van der Waals surface area contributed by atoms with Crippen molar-refractivity contribution in [3.8, 4) is 0 Å². The topological polar surface area (TPSA) is 53.1 Å². The largest absolute Gasteiger partial charge is 0.372 e. The van der Waals surface area contributed by atoms with E-state index in [0.29, 0.717) is 18.8 Å². The van der Waals surface area contributed by atoms with Gasteiger partial charge in [0, 0.05) is 18.5 Å². The lowest BCUT2D eigenvalue weighted by atomic mass is 9.90. The van der Waals surface area contributed by atoms with Crippen LogP contribution in [0.25, 0.3) is 10.9 Å². The van der Waals surface area contributed by atoms with Crippen LogP contribution in [0.1, 0.15) is 18.5 Å². The molecule has 0 spiro atoms. The summed E-state index contributed by atoms with van der Waals surface area (Å²) < 4.78 is 7.70. The molecule has 2 N–H and O–H groups in total. The highest BCUT2D eigenvalue weighted by atomic mass is 16.5. The molecule has 1 fully saturated rings. The summed E-state index contributed by atoms with van der Waals surface area (Å²) in [5, 5.41) is 5.68. The number of nitrogens with two attached hydrogens (primary N) is 1. The van der Waals surface area contributed by atoms with Gasteiger partial charge in [-0.25, -0.2) is 0 Å². The van der Waals surface area contributed by atoms with Crippen LogP contribution in [0, 0.1) is 0 Å². The molecule has 0 unspecified atom stereocenters. The van der Waals surface area contributed by atoms with Gasteiger partial charge in [-0.2, -0.15) is 5.10 Å². The molecule has 0 aliphatic heterocycles. The van der Waals surface area contributed by atoms with Gasteiger partial charge in [-0.1, -0.05) is 18.2 Å². The summed E-state index contributed by atoms with van der Waals surface area (Å²) in [5.74, 6) is 0. The first kappa shape index (κ1) is 10.7. The minimum atomic E-state index is 0.325. The predicted octanol–water partition coefficient (Wildman–Crippen LogP) is 1.58. The third kappa shape index (κ3) is 1.94. The second-order valence-electron chi connectivity index (χ2n) is 4.75. The number of fused-ring (bicyclic) bond motifs is 1. The maximum Gasteiger partial charge on any atom is 0.0960 e. The minimum Gasteiger partial charge on any atom is -0.372 e. The number of aromatic nitrogens is 2. The molecule has 1 aliphatic carbocycles. The van der Waals surface area contributed by atoms with E-state index in [1.807, 2.05) is 23.9 Å². The lowest BCUT2D eigenvalue weighted by molar-refractivity contribution is -0.0198. The van der Waals surface area contributed by atoms with Gasteiger partial charge in [0.15, 0.2) is 0 Å². The summed E-state index contributed by atoms with van der Waals surface area (Å²) in [4.78, 5) is 0. The second kappa shape index (κ2) is 4.13. The summed E-state index contributed by atoms with van der Waals surface area (Å²) in [7, 11) is 1.96. The molecule has 0 amide bonds. The number of benzene rings is 1. The van der Waals surface area contributed by atoms with Gasteiger partial charge < -0.3 is 10.5 Å². The Balaban J connectivity index is 1.76. The van der Waals surface area contributed by atoms with E-state index in [1.165, 1.54) is 5.39 Å². The Bertz CT molecular complexity index is 528. The normalized spacial score (nSPS) is 23.9. The number of hydrogen-bond acceptors (Lipinski definition) is 3. The van der Waals surface area contributed by atoms with Crippen molar-refractivity contribution >= 4 is 10.9 Å². The van der Waals surface area contributed by atoms with Crippen molar-refractivity contribution in [2.24, 2.45) is 12.8 Å². The van der Waals surface area contributed by atoms with Gasteiger partial charge in [0.25, 0.3) is 0 Å². The zero-order chi connectivity index (χ0) is 11.8. The number of rotatable bonds is 3. The van der Waals surface area contributed by atoms with Crippen LogP contribution in [0.15, 0.2) is 24.3 Å². The van der Waals surface area contributed by atoms with Crippen molar-refractivity contribution in [2.45, 2.75) is 31.6 Å². The number of nitrogens with zero attached hydrogens (tertiary/aromatic N) is 2. The highest BCUT2D eigenvalue weighted by molar-refractivity contribution is 5.81. The van der Waals surface area contributed by atoms with Gasteiger partial charge in [0.2, 0.25) is 0 Å². The van der Waals surface area contributed by atoms with Gasteiger partial charge in [-0.15, -0.1) is 0 Å². The van der Waals surface area contributed by atoms with E-state index in [9.17, 15) is 0 Å². The number of para-hydroxylation sites is 1. The first-order valence-corrected chi connectivity index (χ1v) is 6.02. The first-order chi connectivity index (χ1) is 8.24. The fourth-order valence-electron chi connectivity index (χ4n) is 2.33. The molecule has 1 saturated carbocycles. The molecule has 0 radical (unpaired) electrons. The molecule has 2 aromatic rings. The lowest BCUT2D eigenvalue weighted by Crippen LogP contribution is -2.41. The van der Waals surface area contributed by atoms with E-state index in [0.717, 1.165) is 24.1 Å². The van der Waals surface area contributed by atoms with Crippen LogP contribution in [0.5, 0.6) is 0 Å². The Morgan fingerprint density at radius 2 is 2.18 bits per heavy atom. The number of ether oxygens (including phenoxy) is 1. The van der Waals surface area contributed by atoms with Crippen LogP contribution in [0.2, 0.25) is 0 Å². The Morgan fingerprint density at radius 1 is 1.41 bits per heavy atom. The van der Waals surface area contributed by atoms with Crippen LogP contribution >= 0.6 is 0 Å². The molecule has 4 heteroatoms. The fraction of sp³-hybridized carbons (Fsp3) is 0.462. The fourth-order valence-corrected chi connectivity index (χ4v) is 2.33. The highest BCUT2D eigenvalue weighted by Crippen LogP contribution is 2.24. The van der Waals surface area contributed by atoms with E-state index >= 15 is 0 Å². The molecule has 0 saturated heterocycles. The molecule has 1 aromatic heterocycles. The SMILES string of the molecule is Cn1nc(COC2CC(N)C2)c2ccccc21. The van der Waals surface area contributed by atoms with Crippen LogP contribution in [0.4, 0.5) is 0 Å². The maximum absolute atomic E-state index is 5.80. The number of aryl methyl sites for hydroxylation is 1. The molecule has 90 valence electrons. The van der Waals surface area contributed by atoms with Crippen LogP contribution < -0.4 is 5.73 Å². The highest BCUT2D eigenvalue weighted by Gasteiger charge is 2.26. The van der Waals surface area contributed by atoms with Crippen molar-refractivity contribution in [2.75, 3.05) is 0 Å². The summed E-state index contributed by atoms with van der Waals surface area (Å²) in [6.07, 6.45) is 2.28. The zero-order valence-corrected chi connectivity index (χ0v) is 9.97. The molecule has 1 aromatic carbocycles. The van der Waals surface area contributed by atoms with E-state index in [1.54, 1.807) is 0 Å². The summed E-state index contributed by atoms with van der Waals surface area (Å²) >= 11 is 0. The average molecular weight is 231 g/mol. The third-order valence-corrected chi connectivity index (χ3v) is 3.42. The van der Waals surface area contributed by atoms with E-state index in [2.05, 4.69) is 17.2 Å². The quantitative estimate of drug-likeness (QED) is 0.872. The molecule has 0 bridgehead atoms. The summed E-state index contributed by atoms with van der Waals surface area (Å²) in [6.45, 7) is 0.582. The molecule has 1 aliphatic rings. The Labute approximate surface area is 100 Å². The maximum atomic E-state index is 5.80. The minimum absolute atomic E-state index is 0.325. The Morgan fingerprint density at radius 3 is 2.94 bits per heavy atom. The smallest absolute Gasteiger partial charge is 0.0960 e. The van der Waals surface area contributed by atoms with E-state index in [4.69, 9.17) is 10.5 Å². The Hall–Kier alpha value is -1.39. The van der Waals surface area contributed by atoms with Crippen LogP contribution in [-0.4, -0.2) is 21.9 Å². The van der Waals surface area contributed by atoms with Crippen molar-refractivity contribution in [1.29, 1.82) is 0 Å². The molecule has 4 nitrogen and oxygen atoms in total. The predicted molar refractivity (Wildman–Crippen MR) is 66.5 cm³/mol. The van der Waals surface area contributed by atoms with E-state index < -0.39 is 0 Å². The summed E-state index contributed by atoms with van der Waals surface area (Å²) in [5.41, 5.74) is 7.90. The molecule has 3 rings (SSSR count). The van der Waals surface area contributed by atoms with Crippen molar-refractivity contribution in [1.82, 2.24) is 9.78 Å². The van der Waals surface area contributed by atoms with Gasteiger partial charge >= 0.3 is 0 Å². The van der Waals surface area contributed by atoms with Crippen LogP contribution in [0.3, 0.4) is 0 Å². The van der Waals surface area contributed by atoms with Gasteiger partial charge in [0.05, 0.1) is 23.9 Å². The van der Waals surface area contributed by atoms with Gasteiger partial charge in [0.1, 0.15) is 0 Å². The monoisotopic (exact) mass is 231 g/mol. The Kier molecular flexibility index (Phi) is 2.61. The molecule has 1 heterocycles. The van der Waals surface area contributed by atoms with Crippen LogP contribution in [-0.2, 0) is 18.4 Å². The number of hydrogen-bond donors (Lipinski definition) is 1.